The number of anilines is 3. The van der Waals surface area contributed by atoms with Crippen molar-refractivity contribution in [3.05, 3.63) is 41.6 Å². The van der Waals surface area contributed by atoms with Crippen LogP contribution >= 0.6 is 0 Å². The van der Waals surface area contributed by atoms with Crippen LogP contribution in [0.4, 0.5) is 26.4 Å². The van der Waals surface area contributed by atoms with Crippen molar-refractivity contribution in [2.75, 3.05) is 36.5 Å². The van der Waals surface area contributed by atoms with Gasteiger partial charge in [0.1, 0.15) is 5.82 Å². The summed E-state index contributed by atoms with van der Waals surface area (Å²) in [5.41, 5.74) is 9.80. The molecule has 1 saturated heterocycles. The van der Waals surface area contributed by atoms with E-state index in [9.17, 15) is 9.59 Å². The number of amides is 2. The molecule has 0 saturated carbocycles. The molecular weight excluding hydrogens is 439 g/mol. The number of aromatic nitrogens is 2. The van der Waals surface area contributed by atoms with Gasteiger partial charge in [0.05, 0.1) is 17.1 Å². The monoisotopic (exact) mass is 466 g/mol. The van der Waals surface area contributed by atoms with Crippen molar-refractivity contribution < 1.29 is 19.1 Å². The van der Waals surface area contributed by atoms with E-state index >= 15 is 4.39 Å². The Morgan fingerprint density at radius 1 is 1.21 bits per heavy atom. The van der Waals surface area contributed by atoms with Gasteiger partial charge in [0, 0.05) is 55.5 Å². The highest BCUT2D eigenvalue weighted by atomic mass is 19.1. The minimum absolute atomic E-state index is 0.0260. The smallest absolute Gasteiger partial charge is 0.410 e. The molecule has 4 heterocycles. The van der Waals surface area contributed by atoms with Crippen LogP contribution < -0.4 is 16.4 Å². The summed E-state index contributed by atoms with van der Waals surface area (Å²) in [5, 5.41) is 15.4. The summed E-state index contributed by atoms with van der Waals surface area (Å²) in [4.78, 5) is 31.6. The second-order valence-electron chi connectivity index (χ2n) is 8.44. The zero-order valence-corrected chi connectivity index (χ0v) is 19.1. The Bertz CT molecular complexity index is 1280. The molecule has 9 nitrogen and oxygen atoms in total. The molecule has 5 N–H and O–H groups in total. The highest BCUT2D eigenvalue weighted by molar-refractivity contribution is 5.99. The number of carbonyl (C=O) groups excluding carboxylic acids is 1. The third kappa shape index (κ3) is 4.57. The fourth-order valence-electron chi connectivity index (χ4n) is 4.27. The SMILES string of the molecule is CN1CCCC1=O.Cc1c(-c2cc3cc(NC(=O)O)ncc3c(N)c2F)cnc2c1NCCC2. The van der Waals surface area contributed by atoms with Crippen LogP contribution in [-0.4, -0.2) is 52.1 Å². The van der Waals surface area contributed by atoms with Gasteiger partial charge in [-0.3, -0.25) is 15.1 Å². The van der Waals surface area contributed by atoms with Crippen molar-refractivity contribution in [2.45, 2.75) is 32.6 Å². The third-order valence-corrected chi connectivity index (χ3v) is 6.14. The highest BCUT2D eigenvalue weighted by Crippen LogP contribution is 2.38. The number of pyridine rings is 2. The zero-order chi connectivity index (χ0) is 24.4. The number of halogens is 1. The molecular formula is C24H27FN6O3. The Hall–Kier alpha value is -3.95. The number of nitrogen functional groups attached to an aromatic ring is 1. The molecule has 0 bridgehead atoms. The maximum Gasteiger partial charge on any atom is 0.410 e. The average molecular weight is 467 g/mol. The molecule has 3 aromatic rings. The van der Waals surface area contributed by atoms with E-state index in [4.69, 9.17) is 10.8 Å². The molecule has 34 heavy (non-hydrogen) atoms. The van der Waals surface area contributed by atoms with Gasteiger partial charge in [-0.05, 0) is 49.3 Å². The Labute approximate surface area is 196 Å². The summed E-state index contributed by atoms with van der Waals surface area (Å²) in [6.45, 7) is 3.74. The van der Waals surface area contributed by atoms with Gasteiger partial charge in [-0.2, -0.15) is 0 Å². The van der Waals surface area contributed by atoms with E-state index in [1.807, 2.05) is 14.0 Å². The molecule has 0 spiro atoms. The summed E-state index contributed by atoms with van der Waals surface area (Å²) in [5.74, 6) is -0.0992. The van der Waals surface area contributed by atoms with Gasteiger partial charge in [0.25, 0.3) is 0 Å². The van der Waals surface area contributed by atoms with Gasteiger partial charge in [0.15, 0.2) is 5.82 Å². The fourth-order valence-corrected chi connectivity index (χ4v) is 4.27. The Morgan fingerprint density at radius 3 is 2.65 bits per heavy atom. The zero-order valence-electron chi connectivity index (χ0n) is 19.1. The third-order valence-electron chi connectivity index (χ3n) is 6.14. The second kappa shape index (κ2) is 9.50. The molecule has 10 heteroatoms. The van der Waals surface area contributed by atoms with Crippen molar-refractivity contribution >= 4 is 40.0 Å². The summed E-state index contributed by atoms with van der Waals surface area (Å²) in [6, 6.07) is 3.18. The number of likely N-dealkylation sites (tertiary alicyclic amines) is 1. The van der Waals surface area contributed by atoms with Crippen LogP contribution in [0.1, 0.15) is 30.5 Å². The van der Waals surface area contributed by atoms with E-state index in [-0.39, 0.29) is 11.5 Å². The van der Waals surface area contributed by atoms with Crippen LogP contribution in [0.15, 0.2) is 24.5 Å². The van der Waals surface area contributed by atoms with Crippen molar-refractivity contribution in [3.63, 3.8) is 0 Å². The summed E-state index contributed by atoms with van der Waals surface area (Å²) >= 11 is 0. The topological polar surface area (TPSA) is 133 Å². The molecule has 5 rings (SSSR count). The summed E-state index contributed by atoms with van der Waals surface area (Å²) in [7, 11) is 1.84. The lowest BCUT2D eigenvalue weighted by atomic mass is 9.95. The Morgan fingerprint density at radius 2 is 2.00 bits per heavy atom. The number of rotatable bonds is 2. The summed E-state index contributed by atoms with van der Waals surface area (Å²) in [6.07, 6.45) is 5.53. The van der Waals surface area contributed by atoms with Gasteiger partial charge in [-0.25, -0.2) is 14.2 Å². The molecule has 2 aliphatic heterocycles. The molecule has 1 aromatic carbocycles. The number of hydrogen-bond donors (Lipinski definition) is 4. The lowest BCUT2D eigenvalue weighted by Gasteiger charge is -2.21. The van der Waals surface area contributed by atoms with Gasteiger partial charge in [-0.1, -0.05) is 0 Å². The van der Waals surface area contributed by atoms with Gasteiger partial charge < -0.3 is 21.1 Å². The molecule has 0 aliphatic carbocycles. The van der Waals surface area contributed by atoms with Gasteiger partial charge in [-0.15, -0.1) is 0 Å². The molecule has 0 radical (unpaired) electrons. The lowest BCUT2D eigenvalue weighted by molar-refractivity contribution is -0.126. The number of nitrogens with two attached hydrogens (primary N) is 1. The van der Waals surface area contributed by atoms with Crippen molar-refractivity contribution in [3.8, 4) is 11.1 Å². The molecule has 2 amide bonds. The largest absolute Gasteiger partial charge is 0.465 e. The predicted octanol–water partition coefficient (Wildman–Crippen LogP) is 4.01. The Balaban J connectivity index is 0.000000336. The standard InChI is InChI=1S/C19H18FN5O2.C5H9NO/c1-9-12(7-23-14-3-2-4-22-18(9)14)11-5-10-6-15(25-19(26)27)24-8-13(10)17(21)16(11)20;1-6-4-2-3-5(6)7/h5-8,22H,2-4,21H2,1H3,(H,24,25)(H,26,27);2-4H2,1H3. The van der Waals surface area contributed by atoms with Gasteiger partial charge in [0.2, 0.25) is 5.91 Å². The molecule has 0 atom stereocenters. The van der Waals surface area contributed by atoms with Crippen LogP contribution in [0.25, 0.3) is 21.9 Å². The van der Waals surface area contributed by atoms with Crippen molar-refractivity contribution in [1.82, 2.24) is 14.9 Å². The van der Waals surface area contributed by atoms with Crippen LogP contribution in [-0.2, 0) is 11.2 Å². The first-order valence-electron chi connectivity index (χ1n) is 11.1. The number of aryl methyl sites for hydroxylation is 1. The van der Waals surface area contributed by atoms with E-state index in [0.29, 0.717) is 27.8 Å². The van der Waals surface area contributed by atoms with Gasteiger partial charge >= 0.3 is 6.09 Å². The normalized spacial score (nSPS) is 14.8. The van der Waals surface area contributed by atoms with Crippen molar-refractivity contribution in [2.24, 2.45) is 0 Å². The summed E-state index contributed by atoms with van der Waals surface area (Å²) < 4.78 is 15.0. The van der Waals surface area contributed by atoms with Crippen LogP contribution in [0.2, 0.25) is 0 Å². The average Bonchev–Trinajstić information content (AvgIpc) is 3.19. The fraction of sp³-hybridized carbons (Fsp3) is 0.333. The minimum atomic E-state index is -1.22. The highest BCUT2D eigenvalue weighted by Gasteiger charge is 2.20. The number of fused-ring (bicyclic) bond motifs is 2. The van der Waals surface area contributed by atoms with E-state index in [0.717, 1.165) is 55.7 Å². The molecule has 2 aliphatic rings. The predicted molar refractivity (Wildman–Crippen MR) is 129 cm³/mol. The molecule has 0 unspecified atom stereocenters. The first-order chi connectivity index (χ1) is 16.3. The number of hydrogen-bond acceptors (Lipinski definition) is 6. The first kappa shape index (κ1) is 23.2. The quantitative estimate of drug-likeness (QED) is 0.419. The molecule has 2 aromatic heterocycles. The number of nitrogens with one attached hydrogen (secondary N) is 2. The molecule has 1 fully saturated rings. The minimum Gasteiger partial charge on any atom is -0.465 e. The van der Waals surface area contributed by atoms with E-state index in [2.05, 4.69) is 20.6 Å². The Kier molecular flexibility index (Phi) is 6.49. The number of carboxylic acid groups (broad SMARTS) is 1. The first-order valence-corrected chi connectivity index (χ1v) is 11.1. The lowest BCUT2D eigenvalue weighted by Crippen LogP contribution is -2.17. The van der Waals surface area contributed by atoms with Crippen LogP contribution in [0.5, 0.6) is 0 Å². The van der Waals surface area contributed by atoms with E-state index in [1.54, 1.807) is 17.2 Å². The maximum absolute atomic E-state index is 15.0. The number of nitrogens with zero attached hydrogens (tertiary/aromatic N) is 3. The van der Waals surface area contributed by atoms with E-state index < -0.39 is 11.9 Å². The van der Waals surface area contributed by atoms with E-state index in [1.165, 1.54) is 12.3 Å². The van der Waals surface area contributed by atoms with Crippen LogP contribution in [0.3, 0.4) is 0 Å². The number of carbonyl (C=O) groups is 2. The second-order valence-corrected chi connectivity index (χ2v) is 8.44. The van der Waals surface area contributed by atoms with Crippen molar-refractivity contribution in [1.29, 1.82) is 0 Å². The maximum atomic E-state index is 15.0. The van der Waals surface area contributed by atoms with Crippen LogP contribution in [0, 0.1) is 12.7 Å². The molecule has 178 valence electrons. The number of benzene rings is 1.